The van der Waals surface area contributed by atoms with Gasteiger partial charge in [-0.3, -0.25) is 9.88 Å². The molecule has 2 aromatic rings. The second kappa shape index (κ2) is 21.9. The molecule has 1 aromatic heterocycles. The highest BCUT2D eigenvalue weighted by molar-refractivity contribution is 5.87. The molecule has 216 valence electrons. The van der Waals surface area contributed by atoms with Crippen molar-refractivity contribution >= 4 is 5.97 Å². The fourth-order valence-electron chi connectivity index (χ4n) is 3.89. The number of carboxylic acid groups (broad SMARTS) is 1. The molecule has 0 radical (unpaired) electrons. The van der Waals surface area contributed by atoms with Crippen molar-refractivity contribution in [2.24, 2.45) is 0 Å². The number of aromatic nitrogens is 1. The lowest BCUT2D eigenvalue weighted by Gasteiger charge is -2.30. The molecule has 1 aromatic carbocycles. The number of likely N-dealkylation sites (N-methyl/N-ethyl adjacent to an activating group) is 1. The molecule has 0 bridgehead atoms. The maximum absolute atomic E-state index is 13.4. The van der Waals surface area contributed by atoms with Gasteiger partial charge in [-0.1, -0.05) is 69.4 Å². The number of carbonyl (C=O) groups is 1. The van der Waals surface area contributed by atoms with Gasteiger partial charge >= 0.3 is 5.97 Å². The van der Waals surface area contributed by atoms with Gasteiger partial charge in [0.2, 0.25) is 0 Å². The highest BCUT2D eigenvalue weighted by atomic mass is 19.1. The molecule has 5 nitrogen and oxygen atoms in total. The van der Waals surface area contributed by atoms with E-state index in [1.54, 1.807) is 18.2 Å². The van der Waals surface area contributed by atoms with Crippen molar-refractivity contribution in [3.05, 3.63) is 113 Å². The number of nitrogens with zero attached hydrogens (tertiary/aromatic N) is 3. The van der Waals surface area contributed by atoms with E-state index in [-0.39, 0.29) is 11.4 Å². The minimum absolute atomic E-state index is 0.222. The van der Waals surface area contributed by atoms with Crippen molar-refractivity contribution in [3.63, 3.8) is 0 Å². The van der Waals surface area contributed by atoms with E-state index in [1.807, 2.05) is 39.8 Å². The minimum atomic E-state index is -0.969. The highest BCUT2D eigenvalue weighted by Crippen LogP contribution is 2.16. The fourth-order valence-corrected chi connectivity index (χ4v) is 3.89. The normalized spacial score (nSPS) is 11.7. The summed E-state index contributed by atoms with van der Waals surface area (Å²) in [6, 6.07) is 9.68. The first-order chi connectivity index (χ1) is 19.4. The van der Waals surface area contributed by atoms with Crippen LogP contribution in [-0.2, 0) is 13.0 Å². The Hall–Kier alpha value is -3.95. The number of aromatic carboxylic acids is 1. The second-order valence-corrected chi connectivity index (χ2v) is 8.66. The third-order valence-corrected chi connectivity index (χ3v) is 5.70. The van der Waals surface area contributed by atoms with E-state index in [4.69, 9.17) is 0 Å². The fraction of sp³-hybridized carbons (Fsp3) is 0.353. The van der Waals surface area contributed by atoms with Crippen molar-refractivity contribution in [1.82, 2.24) is 14.8 Å². The summed E-state index contributed by atoms with van der Waals surface area (Å²) < 4.78 is 13.4. The lowest BCUT2D eigenvalue weighted by atomic mass is 10.1. The molecule has 0 saturated heterocycles. The molecule has 0 unspecified atom stereocenters. The summed E-state index contributed by atoms with van der Waals surface area (Å²) in [7, 11) is 2.10. The maximum atomic E-state index is 13.4. The smallest absolute Gasteiger partial charge is 0.335 e. The van der Waals surface area contributed by atoms with Crippen LogP contribution in [0.3, 0.4) is 0 Å². The predicted octanol–water partition coefficient (Wildman–Crippen LogP) is 7.54. The lowest BCUT2D eigenvalue weighted by molar-refractivity contribution is 0.0696. The monoisotopic (exact) mass is 547 g/mol. The Morgan fingerprint density at radius 2 is 1.75 bits per heavy atom. The molecular weight excluding hydrogens is 501 g/mol. The van der Waals surface area contributed by atoms with Gasteiger partial charge in [0.1, 0.15) is 5.82 Å². The van der Waals surface area contributed by atoms with Crippen molar-refractivity contribution in [2.45, 2.75) is 54.0 Å². The van der Waals surface area contributed by atoms with Crippen molar-refractivity contribution in [2.75, 3.05) is 26.7 Å². The first-order valence-electron chi connectivity index (χ1n) is 13.7. The predicted molar refractivity (Wildman–Crippen MR) is 167 cm³/mol. The quantitative estimate of drug-likeness (QED) is 0.196. The van der Waals surface area contributed by atoms with Crippen molar-refractivity contribution < 1.29 is 14.3 Å². The van der Waals surface area contributed by atoms with E-state index in [1.165, 1.54) is 30.0 Å². The zero-order chi connectivity index (χ0) is 30.3. The molecule has 0 amide bonds. The summed E-state index contributed by atoms with van der Waals surface area (Å²) in [5.74, 6) is -1.22. The van der Waals surface area contributed by atoms with Gasteiger partial charge in [0.25, 0.3) is 0 Å². The average molecular weight is 548 g/mol. The minimum Gasteiger partial charge on any atom is -0.478 e. The molecule has 0 aliphatic carbocycles. The third kappa shape index (κ3) is 14.3. The highest BCUT2D eigenvalue weighted by Gasteiger charge is 2.15. The van der Waals surface area contributed by atoms with Crippen LogP contribution in [0.4, 0.5) is 4.39 Å². The number of hydrogen-bond acceptors (Lipinski definition) is 4. The number of rotatable bonds is 14. The van der Waals surface area contributed by atoms with Crippen LogP contribution in [0, 0.1) is 18.7 Å². The molecule has 0 fully saturated rings. The topological polar surface area (TPSA) is 56.7 Å². The average Bonchev–Trinajstić information content (AvgIpc) is 2.97. The summed E-state index contributed by atoms with van der Waals surface area (Å²) in [6.07, 6.45) is 23.8. The Balaban J connectivity index is 0.00000363. The van der Waals surface area contributed by atoms with Crippen molar-refractivity contribution in [1.29, 1.82) is 0 Å². The molecule has 2 rings (SSSR count). The van der Waals surface area contributed by atoms with E-state index in [0.717, 1.165) is 37.2 Å². The zero-order valence-electron chi connectivity index (χ0n) is 25.0. The van der Waals surface area contributed by atoms with Gasteiger partial charge < -0.3 is 10.0 Å². The molecule has 0 spiro atoms. The number of pyridine rings is 1. The molecule has 40 heavy (non-hydrogen) atoms. The molecule has 1 N–H and O–H groups in total. The molecule has 6 heteroatoms. The molecule has 0 aliphatic heterocycles. The number of carboxylic acids is 1. The number of hydrogen-bond donors (Lipinski definition) is 1. The summed E-state index contributed by atoms with van der Waals surface area (Å²) in [6.45, 7) is 12.8. The van der Waals surface area contributed by atoms with Crippen LogP contribution in [0.25, 0.3) is 0 Å². The number of benzene rings is 1. The second-order valence-electron chi connectivity index (χ2n) is 8.66. The summed E-state index contributed by atoms with van der Waals surface area (Å²) in [4.78, 5) is 20.4. The Morgan fingerprint density at radius 3 is 2.33 bits per heavy atom. The van der Waals surface area contributed by atoms with Crippen LogP contribution in [0.1, 0.15) is 62.7 Å². The van der Waals surface area contributed by atoms with Crippen LogP contribution in [0.2, 0.25) is 0 Å². The van der Waals surface area contributed by atoms with E-state index >= 15 is 0 Å². The molecular formula is C34H46FN3O2. The molecule has 1 heterocycles. The van der Waals surface area contributed by atoms with Gasteiger partial charge in [-0.25, -0.2) is 9.18 Å². The van der Waals surface area contributed by atoms with Gasteiger partial charge in [0.15, 0.2) is 0 Å². The molecule has 0 aliphatic rings. The molecule has 0 saturated carbocycles. The zero-order valence-corrected chi connectivity index (χ0v) is 25.0. The van der Waals surface area contributed by atoms with Gasteiger partial charge in [0, 0.05) is 31.5 Å². The molecule has 0 atom stereocenters. The van der Waals surface area contributed by atoms with Crippen LogP contribution in [-0.4, -0.2) is 52.5 Å². The SMILES string of the molecule is C#C.CC.C\C=C/C=C\C(=C\CC)CN(C)C/C(=C/C)N(CCc1ccc(F)cc1)Cc1cc(C(=O)O)ccn1. The summed E-state index contributed by atoms with van der Waals surface area (Å²) >= 11 is 0. The first kappa shape index (κ1) is 36.0. The Morgan fingerprint density at radius 1 is 1.07 bits per heavy atom. The number of terminal acetylenes is 1. The first-order valence-corrected chi connectivity index (χ1v) is 13.7. The standard InChI is InChI=1S/C30H38FN3O2.C2H6.C2H2/c1-5-8-9-11-25(10-6-2)21-33(4)23-29(7-3)34(19-17-24-12-14-27(31)15-13-24)22-28-20-26(30(35)36)16-18-32-28;2*1-2/h5,7-16,18,20H,6,17,19,21-23H2,1-4H3,(H,35,36);1-2H3;1-2H/b8-5-,11-9-,25-10-,29-7-;;. The van der Waals surface area contributed by atoms with Gasteiger partial charge in [0.05, 0.1) is 17.8 Å². The van der Waals surface area contributed by atoms with E-state index in [9.17, 15) is 14.3 Å². The van der Waals surface area contributed by atoms with Gasteiger partial charge in [-0.2, -0.15) is 0 Å². The summed E-state index contributed by atoms with van der Waals surface area (Å²) in [5.41, 5.74) is 4.33. The summed E-state index contributed by atoms with van der Waals surface area (Å²) in [5, 5.41) is 9.39. The van der Waals surface area contributed by atoms with E-state index in [2.05, 4.69) is 65.9 Å². The van der Waals surface area contributed by atoms with Crippen LogP contribution in [0.5, 0.6) is 0 Å². The third-order valence-electron chi connectivity index (χ3n) is 5.70. The number of halogens is 1. The Labute approximate surface area is 241 Å². The van der Waals surface area contributed by atoms with Crippen LogP contribution in [0.15, 0.2) is 90.3 Å². The van der Waals surface area contributed by atoms with Crippen LogP contribution >= 0.6 is 0 Å². The van der Waals surface area contributed by atoms with Crippen molar-refractivity contribution in [3.8, 4) is 12.8 Å². The lowest BCUT2D eigenvalue weighted by Crippen LogP contribution is -2.33. The van der Waals surface area contributed by atoms with E-state index < -0.39 is 5.97 Å². The van der Waals surface area contributed by atoms with E-state index in [0.29, 0.717) is 18.8 Å². The van der Waals surface area contributed by atoms with Crippen LogP contribution < -0.4 is 0 Å². The van der Waals surface area contributed by atoms with Gasteiger partial charge in [-0.05, 0) is 69.1 Å². The largest absolute Gasteiger partial charge is 0.478 e. The maximum Gasteiger partial charge on any atom is 0.335 e. The van der Waals surface area contributed by atoms with Gasteiger partial charge in [-0.15, -0.1) is 12.8 Å². The Bertz CT molecular complexity index is 1130. The Kier molecular flexibility index (Phi) is 19.8. The number of allylic oxidation sites excluding steroid dienone is 5.